The van der Waals surface area contributed by atoms with E-state index in [0.717, 1.165) is 17.7 Å². The molecule has 2 aromatic rings. The number of ether oxygens (including phenoxy) is 1. The number of rotatable bonds is 5. The predicted octanol–water partition coefficient (Wildman–Crippen LogP) is 2.72. The molecule has 1 N–H and O–H groups in total. The SMILES string of the molecule is COc1ccc(CCN(C)C(=O)c2ccccc2O)cc1. The lowest BCUT2D eigenvalue weighted by Gasteiger charge is -2.17. The summed E-state index contributed by atoms with van der Waals surface area (Å²) in [4.78, 5) is 13.8. The first-order valence-electron chi connectivity index (χ1n) is 6.78. The van der Waals surface area contributed by atoms with Gasteiger partial charge < -0.3 is 14.7 Å². The molecule has 0 aromatic heterocycles. The van der Waals surface area contributed by atoms with Crippen molar-refractivity contribution in [2.45, 2.75) is 6.42 Å². The van der Waals surface area contributed by atoms with Crippen molar-refractivity contribution in [3.63, 3.8) is 0 Å². The van der Waals surface area contributed by atoms with Gasteiger partial charge >= 0.3 is 0 Å². The Labute approximate surface area is 124 Å². The van der Waals surface area contributed by atoms with Gasteiger partial charge in [-0.15, -0.1) is 0 Å². The molecule has 0 spiro atoms. The fourth-order valence-corrected chi connectivity index (χ4v) is 2.05. The van der Waals surface area contributed by atoms with Crippen molar-refractivity contribution in [1.82, 2.24) is 4.90 Å². The van der Waals surface area contributed by atoms with Crippen molar-refractivity contribution in [1.29, 1.82) is 0 Å². The van der Waals surface area contributed by atoms with Crippen molar-refractivity contribution in [2.24, 2.45) is 0 Å². The number of methoxy groups -OCH3 is 1. The number of phenolic OH excluding ortho intramolecular Hbond substituents is 1. The highest BCUT2D eigenvalue weighted by atomic mass is 16.5. The average Bonchev–Trinajstić information content (AvgIpc) is 2.53. The van der Waals surface area contributed by atoms with Crippen molar-refractivity contribution in [3.8, 4) is 11.5 Å². The monoisotopic (exact) mass is 285 g/mol. The van der Waals surface area contributed by atoms with E-state index in [0.29, 0.717) is 12.1 Å². The van der Waals surface area contributed by atoms with Gasteiger partial charge in [0.2, 0.25) is 0 Å². The van der Waals surface area contributed by atoms with Crippen molar-refractivity contribution < 1.29 is 14.6 Å². The highest BCUT2D eigenvalue weighted by Gasteiger charge is 2.14. The zero-order valence-electron chi connectivity index (χ0n) is 12.2. The summed E-state index contributed by atoms with van der Waals surface area (Å²) in [5, 5.41) is 9.71. The second-order valence-corrected chi connectivity index (χ2v) is 4.84. The number of carbonyl (C=O) groups excluding carboxylic acids is 1. The topological polar surface area (TPSA) is 49.8 Å². The maximum Gasteiger partial charge on any atom is 0.257 e. The van der Waals surface area contributed by atoms with Crippen LogP contribution in [0.15, 0.2) is 48.5 Å². The Kier molecular flexibility index (Phi) is 4.82. The minimum atomic E-state index is -0.179. The van der Waals surface area contributed by atoms with Crippen LogP contribution in [0.4, 0.5) is 0 Å². The average molecular weight is 285 g/mol. The van der Waals surface area contributed by atoms with E-state index in [2.05, 4.69) is 0 Å². The molecule has 0 saturated carbocycles. The van der Waals surface area contributed by atoms with Crippen LogP contribution < -0.4 is 4.74 Å². The molecule has 2 rings (SSSR count). The normalized spacial score (nSPS) is 10.2. The van der Waals surface area contributed by atoms with E-state index in [1.165, 1.54) is 6.07 Å². The Bertz CT molecular complexity index is 608. The van der Waals surface area contributed by atoms with Crippen LogP contribution in [0.1, 0.15) is 15.9 Å². The van der Waals surface area contributed by atoms with Crippen molar-refractivity contribution >= 4 is 5.91 Å². The Hall–Kier alpha value is -2.49. The molecule has 0 unspecified atom stereocenters. The molecule has 110 valence electrons. The zero-order valence-corrected chi connectivity index (χ0v) is 12.2. The lowest BCUT2D eigenvalue weighted by molar-refractivity contribution is 0.0793. The molecule has 21 heavy (non-hydrogen) atoms. The van der Waals surface area contributed by atoms with Gasteiger partial charge in [-0.25, -0.2) is 0 Å². The number of carbonyl (C=O) groups is 1. The number of amides is 1. The number of phenols is 1. The molecular weight excluding hydrogens is 266 g/mol. The fraction of sp³-hybridized carbons (Fsp3) is 0.235. The molecule has 0 fully saturated rings. The van der Waals surface area contributed by atoms with E-state index in [1.807, 2.05) is 24.3 Å². The maximum absolute atomic E-state index is 12.2. The van der Waals surface area contributed by atoms with E-state index in [-0.39, 0.29) is 11.7 Å². The van der Waals surface area contributed by atoms with E-state index in [9.17, 15) is 9.90 Å². The molecule has 1 amide bonds. The number of benzene rings is 2. The summed E-state index contributed by atoms with van der Waals surface area (Å²) in [6, 6.07) is 14.4. The Morgan fingerprint density at radius 1 is 1.14 bits per heavy atom. The number of para-hydroxylation sites is 1. The van der Waals surface area contributed by atoms with Gasteiger partial charge in [-0.2, -0.15) is 0 Å². The van der Waals surface area contributed by atoms with E-state index < -0.39 is 0 Å². The van der Waals surface area contributed by atoms with Gasteiger partial charge in [-0.1, -0.05) is 24.3 Å². The highest BCUT2D eigenvalue weighted by molar-refractivity contribution is 5.96. The van der Waals surface area contributed by atoms with Crippen LogP contribution in [0.2, 0.25) is 0 Å². The number of aromatic hydroxyl groups is 1. The summed E-state index contributed by atoms with van der Waals surface area (Å²) in [5.74, 6) is 0.651. The summed E-state index contributed by atoms with van der Waals surface area (Å²) in [6.45, 7) is 0.583. The van der Waals surface area contributed by atoms with Crippen LogP contribution in [0.3, 0.4) is 0 Å². The summed E-state index contributed by atoms with van der Waals surface area (Å²) in [7, 11) is 3.37. The standard InChI is InChI=1S/C17H19NO3/c1-18(17(20)15-5-3-4-6-16(15)19)12-11-13-7-9-14(21-2)10-8-13/h3-10,19H,11-12H2,1-2H3. The molecule has 0 aliphatic rings. The van der Waals surface area contributed by atoms with Gasteiger partial charge in [0.1, 0.15) is 11.5 Å². The first kappa shape index (κ1) is 14.9. The van der Waals surface area contributed by atoms with Gasteiger partial charge in [0.05, 0.1) is 12.7 Å². The van der Waals surface area contributed by atoms with Gasteiger partial charge in [-0.05, 0) is 36.2 Å². The highest BCUT2D eigenvalue weighted by Crippen LogP contribution is 2.17. The lowest BCUT2D eigenvalue weighted by atomic mass is 10.1. The number of nitrogens with zero attached hydrogens (tertiary/aromatic N) is 1. The molecule has 0 heterocycles. The fourth-order valence-electron chi connectivity index (χ4n) is 2.05. The van der Waals surface area contributed by atoms with Crippen LogP contribution in [0.25, 0.3) is 0 Å². The minimum Gasteiger partial charge on any atom is -0.507 e. The third-order valence-electron chi connectivity index (χ3n) is 3.38. The second-order valence-electron chi connectivity index (χ2n) is 4.84. The third-order valence-corrected chi connectivity index (χ3v) is 3.38. The van der Waals surface area contributed by atoms with Crippen LogP contribution in [0, 0.1) is 0 Å². The zero-order chi connectivity index (χ0) is 15.2. The van der Waals surface area contributed by atoms with E-state index in [4.69, 9.17) is 4.74 Å². The van der Waals surface area contributed by atoms with Gasteiger partial charge in [0.25, 0.3) is 5.91 Å². The first-order chi connectivity index (χ1) is 10.1. The maximum atomic E-state index is 12.2. The van der Waals surface area contributed by atoms with Crippen molar-refractivity contribution in [3.05, 3.63) is 59.7 Å². The number of hydrogen-bond donors (Lipinski definition) is 1. The first-order valence-corrected chi connectivity index (χ1v) is 6.78. The molecule has 0 aliphatic heterocycles. The minimum absolute atomic E-state index is 0.0128. The van der Waals surface area contributed by atoms with Crippen LogP contribution in [-0.2, 0) is 6.42 Å². The Morgan fingerprint density at radius 2 is 1.81 bits per heavy atom. The number of hydrogen-bond acceptors (Lipinski definition) is 3. The lowest BCUT2D eigenvalue weighted by Crippen LogP contribution is -2.28. The van der Waals surface area contributed by atoms with Crippen LogP contribution >= 0.6 is 0 Å². The van der Waals surface area contributed by atoms with Crippen LogP contribution in [0.5, 0.6) is 11.5 Å². The Morgan fingerprint density at radius 3 is 2.43 bits per heavy atom. The molecule has 0 saturated heterocycles. The molecule has 4 nitrogen and oxygen atoms in total. The summed E-state index contributed by atoms with van der Waals surface area (Å²) >= 11 is 0. The van der Waals surface area contributed by atoms with Crippen LogP contribution in [-0.4, -0.2) is 36.6 Å². The molecule has 2 aromatic carbocycles. The molecule has 0 radical (unpaired) electrons. The number of likely N-dealkylation sites (N-methyl/N-ethyl adjacent to an activating group) is 1. The van der Waals surface area contributed by atoms with Gasteiger partial charge in [0, 0.05) is 13.6 Å². The largest absolute Gasteiger partial charge is 0.507 e. The quantitative estimate of drug-likeness (QED) is 0.919. The molecule has 0 bridgehead atoms. The Balaban J connectivity index is 1.96. The van der Waals surface area contributed by atoms with E-state index in [1.54, 1.807) is 37.3 Å². The molecule has 4 heteroatoms. The summed E-state index contributed by atoms with van der Waals surface area (Å²) in [5.41, 5.74) is 1.46. The van der Waals surface area contributed by atoms with Gasteiger partial charge in [0.15, 0.2) is 0 Å². The van der Waals surface area contributed by atoms with Gasteiger partial charge in [-0.3, -0.25) is 4.79 Å². The third kappa shape index (κ3) is 3.75. The summed E-state index contributed by atoms with van der Waals surface area (Å²) in [6.07, 6.45) is 0.750. The summed E-state index contributed by atoms with van der Waals surface area (Å²) < 4.78 is 5.11. The second kappa shape index (κ2) is 6.79. The van der Waals surface area contributed by atoms with Crippen molar-refractivity contribution in [2.75, 3.05) is 20.7 Å². The molecule has 0 atom stereocenters. The molecular formula is C17H19NO3. The molecule has 0 aliphatic carbocycles. The smallest absolute Gasteiger partial charge is 0.257 e. The predicted molar refractivity (Wildman–Crippen MR) is 81.8 cm³/mol. The van der Waals surface area contributed by atoms with E-state index >= 15 is 0 Å².